The minimum atomic E-state index is -0.237. The van der Waals surface area contributed by atoms with Gasteiger partial charge in [-0.25, -0.2) is 4.39 Å². The van der Waals surface area contributed by atoms with Crippen molar-refractivity contribution in [3.8, 4) is 0 Å². The Hall–Kier alpha value is -3.48. The molecule has 4 nitrogen and oxygen atoms in total. The smallest absolute Gasteiger partial charge is 0.256 e. The van der Waals surface area contributed by atoms with E-state index in [2.05, 4.69) is 47.5 Å². The largest absolute Gasteiger partial charge is 0.360 e. The van der Waals surface area contributed by atoms with Gasteiger partial charge < -0.3 is 15.1 Å². The fraction of sp³-hybridized carbons (Fsp3) is 0.233. The zero-order valence-corrected chi connectivity index (χ0v) is 21.2. The monoisotopic (exact) mass is 500 g/mol. The summed E-state index contributed by atoms with van der Waals surface area (Å²) >= 11 is 1.64. The summed E-state index contributed by atoms with van der Waals surface area (Å²) in [5, 5.41) is 4.08. The van der Waals surface area contributed by atoms with Gasteiger partial charge in [0.2, 0.25) is 0 Å². The second-order valence-electron chi connectivity index (χ2n) is 9.14. The Balaban J connectivity index is 1.47. The fourth-order valence-electron chi connectivity index (χ4n) is 4.98. The molecule has 1 aromatic heterocycles. The van der Waals surface area contributed by atoms with Crippen LogP contribution in [0.15, 0.2) is 91.0 Å². The summed E-state index contributed by atoms with van der Waals surface area (Å²) in [5.41, 5.74) is 4.05. The van der Waals surface area contributed by atoms with Crippen LogP contribution in [0.2, 0.25) is 0 Å². The minimum absolute atomic E-state index is 0.00569. The highest BCUT2D eigenvalue weighted by atomic mass is 32.1. The lowest BCUT2D eigenvalue weighted by atomic mass is 9.97. The van der Waals surface area contributed by atoms with Gasteiger partial charge in [0.25, 0.3) is 5.91 Å². The number of benzene rings is 3. The number of rotatable bonds is 7. The zero-order chi connectivity index (χ0) is 24.9. The number of piperazine rings is 1. The first-order valence-corrected chi connectivity index (χ1v) is 13.3. The first-order valence-electron chi connectivity index (χ1n) is 12.5. The molecule has 0 unspecified atom stereocenters. The molecule has 3 aromatic carbocycles. The molecule has 0 spiro atoms. The molecule has 0 bridgehead atoms. The average Bonchev–Trinajstić information content (AvgIpc) is 3.33. The maximum Gasteiger partial charge on any atom is 0.256 e. The normalized spacial score (nSPS) is 15.0. The number of amides is 1. The molecule has 184 valence electrons. The molecule has 1 amide bonds. The maximum atomic E-state index is 13.9. The number of carbonyl (C=O) groups is 1. The van der Waals surface area contributed by atoms with E-state index in [1.807, 2.05) is 48.5 Å². The number of hydrogen-bond acceptors (Lipinski definition) is 3. The predicted molar refractivity (Wildman–Crippen MR) is 146 cm³/mol. The highest BCUT2D eigenvalue weighted by molar-refractivity contribution is 7.16. The van der Waals surface area contributed by atoms with Crippen molar-refractivity contribution in [3.63, 3.8) is 0 Å². The number of para-hydroxylation sites is 1. The van der Waals surface area contributed by atoms with E-state index in [1.165, 1.54) is 27.6 Å². The Morgan fingerprint density at radius 1 is 0.972 bits per heavy atom. The van der Waals surface area contributed by atoms with Crippen molar-refractivity contribution >= 4 is 27.9 Å². The van der Waals surface area contributed by atoms with Crippen LogP contribution in [0.25, 0.3) is 0 Å². The van der Waals surface area contributed by atoms with Gasteiger partial charge in [0, 0.05) is 27.3 Å². The summed E-state index contributed by atoms with van der Waals surface area (Å²) in [6.45, 7) is 5.90. The lowest BCUT2D eigenvalue weighted by Gasteiger charge is -2.38. The van der Waals surface area contributed by atoms with Crippen LogP contribution in [-0.2, 0) is 6.42 Å². The van der Waals surface area contributed by atoms with E-state index in [0.717, 1.165) is 48.7 Å². The summed E-state index contributed by atoms with van der Waals surface area (Å²) in [4.78, 5) is 18.1. The Morgan fingerprint density at radius 2 is 1.61 bits per heavy atom. The molecule has 0 saturated carbocycles. The standard InChI is InChI=1S/C30H30FN3OS/c1-2-26-21-27(30(36-26)32-29(35)23-9-5-3-6-10-23)28(22-13-15-24(31)16-14-22)34-19-17-33(18-20-34)25-11-7-4-8-12-25/h3-16,21,28H,2,17-20H2,1H3,(H,32,35)/p+1/t28-/m1/s1. The highest BCUT2D eigenvalue weighted by Gasteiger charge is 2.33. The van der Waals surface area contributed by atoms with Crippen LogP contribution in [0.4, 0.5) is 15.1 Å². The van der Waals surface area contributed by atoms with Crippen molar-refractivity contribution in [2.45, 2.75) is 19.4 Å². The summed E-state index contributed by atoms with van der Waals surface area (Å²) in [7, 11) is 0. The van der Waals surface area contributed by atoms with Crippen molar-refractivity contribution in [3.05, 3.63) is 118 Å². The van der Waals surface area contributed by atoms with E-state index in [4.69, 9.17) is 0 Å². The van der Waals surface area contributed by atoms with Crippen molar-refractivity contribution in [1.29, 1.82) is 0 Å². The molecule has 4 aromatic rings. The Kier molecular flexibility index (Phi) is 7.44. The second-order valence-corrected chi connectivity index (χ2v) is 10.3. The van der Waals surface area contributed by atoms with Crippen LogP contribution in [0.3, 0.4) is 0 Å². The van der Waals surface area contributed by atoms with Crippen molar-refractivity contribution in [1.82, 2.24) is 0 Å². The summed E-state index contributed by atoms with van der Waals surface area (Å²) in [5.74, 6) is -0.346. The van der Waals surface area contributed by atoms with Crippen LogP contribution in [0.1, 0.15) is 39.3 Å². The summed E-state index contributed by atoms with van der Waals surface area (Å²) in [6.07, 6.45) is 0.895. The third-order valence-corrected chi connectivity index (χ3v) is 8.08. The van der Waals surface area contributed by atoms with E-state index < -0.39 is 0 Å². The Labute approximate surface area is 216 Å². The molecular formula is C30H31FN3OS+. The van der Waals surface area contributed by atoms with Gasteiger partial charge in [0.15, 0.2) is 0 Å². The van der Waals surface area contributed by atoms with Gasteiger partial charge in [-0.3, -0.25) is 4.79 Å². The molecule has 1 aliphatic rings. The minimum Gasteiger partial charge on any atom is -0.360 e. The van der Waals surface area contributed by atoms with Gasteiger partial charge in [-0.05, 0) is 61.0 Å². The molecule has 1 fully saturated rings. The second kappa shape index (κ2) is 11.1. The topological polar surface area (TPSA) is 36.8 Å². The average molecular weight is 501 g/mol. The number of halogens is 1. The summed E-state index contributed by atoms with van der Waals surface area (Å²) < 4.78 is 13.9. The lowest BCUT2D eigenvalue weighted by Crippen LogP contribution is -3.15. The van der Waals surface area contributed by atoms with Crippen molar-refractivity contribution in [2.24, 2.45) is 0 Å². The molecule has 36 heavy (non-hydrogen) atoms. The number of nitrogens with one attached hydrogen (secondary N) is 2. The summed E-state index contributed by atoms with van der Waals surface area (Å²) in [6, 6.07) is 28.9. The zero-order valence-electron chi connectivity index (χ0n) is 20.4. The molecule has 2 N–H and O–H groups in total. The van der Waals surface area contributed by atoms with E-state index in [9.17, 15) is 9.18 Å². The molecule has 0 radical (unpaired) electrons. The number of quaternary nitrogens is 1. The van der Waals surface area contributed by atoms with Crippen LogP contribution >= 0.6 is 11.3 Å². The molecule has 1 saturated heterocycles. The van der Waals surface area contributed by atoms with Crippen molar-refractivity contribution in [2.75, 3.05) is 36.4 Å². The van der Waals surface area contributed by atoms with Crippen LogP contribution in [0, 0.1) is 5.82 Å². The van der Waals surface area contributed by atoms with Crippen molar-refractivity contribution < 1.29 is 14.1 Å². The van der Waals surface area contributed by atoms with Gasteiger partial charge >= 0.3 is 0 Å². The van der Waals surface area contributed by atoms with Gasteiger partial charge in [0.1, 0.15) is 16.9 Å². The third-order valence-electron chi connectivity index (χ3n) is 6.87. The first-order chi connectivity index (χ1) is 17.6. The SMILES string of the molecule is CCc1cc([C@@H](c2ccc(F)cc2)[NH+]2CCN(c3ccccc3)CC2)c(NC(=O)c2ccccc2)s1. The number of thiophene rings is 1. The number of carbonyl (C=O) groups excluding carboxylic acids is 1. The molecule has 1 atom stereocenters. The highest BCUT2D eigenvalue weighted by Crippen LogP contribution is 2.35. The van der Waals surface area contributed by atoms with Crippen LogP contribution in [-0.4, -0.2) is 32.1 Å². The Bertz CT molecular complexity index is 1280. The van der Waals surface area contributed by atoms with E-state index in [1.54, 1.807) is 11.3 Å². The predicted octanol–water partition coefficient (Wildman–Crippen LogP) is 5.20. The van der Waals surface area contributed by atoms with E-state index in [0.29, 0.717) is 5.56 Å². The van der Waals surface area contributed by atoms with E-state index in [-0.39, 0.29) is 17.8 Å². The number of hydrogen-bond donors (Lipinski definition) is 2. The molecule has 6 heteroatoms. The quantitative estimate of drug-likeness (QED) is 0.366. The molecule has 0 aliphatic carbocycles. The molecule has 5 rings (SSSR count). The molecule has 1 aliphatic heterocycles. The first kappa shape index (κ1) is 24.2. The van der Waals surface area contributed by atoms with Gasteiger partial charge in [-0.2, -0.15) is 0 Å². The van der Waals surface area contributed by atoms with Gasteiger partial charge in [0.05, 0.1) is 26.2 Å². The number of anilines is 2. The maximum absolute atomic E-state index is 13.9. The Morgan fingerprint density at radius 3 is 2.25 bits per heavy atom. The fourth-order valence-corrected chi connectivity index (χ4v) is 6.01. The lowest BCUT2D eigenvalue weighted by molar-refractivity contribution is -0.926. The van der Waals surface area contributed by atoms with Crippen LogP contribution in [0.5, 0.6) is 0 Å². The van der Waals surface area contributed by atoms with Crippen LogP contribution < -0.4 is 15.1 Å². The number of nitrogens with zero attached hydrogens (tertiary/aromatic N) is 1. The third kappa shape index (κ3) is 5.35. The van der Waals surface area contributed by atoms with Gasteiger partial charge in [-0.15, -0.1) is 11.3 Å². The molecule has 2 heterocycles. The number of aryl methyl sites for hydroxylation is 1. The molecular weight excluding hydrogens is 469 g/mol. The van der Waals surface area contributed by atoms with Gasteiger partial charge in [-0.1, -0.05) is 43.3 Å². The van der Waals surface area contributed by atoms with E-state index >= 15 is 0 Å².